The van der Waals surface area contributed by atoms with Crippen molar-refractivity contribution in [2.45, 2.75) is 39.2 Å². The topological polar surface area (TPSA) is 68.3 Å². The molecule has 1 fully saturated rings. The van der Waals surface area contributed by atoms with Gasteiger partial charge in [-0.1, -0.05) is 0 Å². The molecule has 0 saturated carbocycles. The van der Waals surface area contributed by atoms with Crippen LogP contribution in [0.3, 0.4) is 0 Å². The lowest BCUT2D eigenvalue weighted by molar-refractivity contribution is 0.0171. The first-order valence-corrected chi connectivity index (χ1v) is 9.59. The third-order valence-electron chi connectivity index (χ3n) is 4.74. The molecular weight excluding hydrogens is 360 g/mol. The fraction of sp³-hybridized carbons (Fsp3) is 0.619. The van der Waals surface area contributed by atoms with Crippen LogP contribution in [0.1, 0.15) is 44.0 Å². The summed E-state index contributed by atoms with van der Waals surface area (Å²) in [5.74, 6) is 1.44. The molecule has 2 rings (SSSR count). The van der Waals surface area contributed by atoms with Gasteiger partial charge in [0.25, 0.3) is 5.91 Å². The number of benzene rings is 1. The van der Waals surface area contributed by atoms with E-state index in [9.17, 15) is 9.59 Å². The first kappa shape index (κ1) is 21.9. The van der Waals surface area contributed by atoms with Gasteiger partial charge in [-0.25, -0.2) is 4.79 Å². The number of rotatable bonds is 5. The van der Waals surface area contributed by atoms with Gasteiger partial charge >= 0.3 is 6.09 Å². The molecule has 1 saturated heterocycles. The van der Waals surface area contributed by atoms with Gasteiger partial charge in [-0.15, -0.1) is 0 Å². The normalized spacial score (nSPS) is 15.1. The van der Waals surface area contributed by atoms with Gasteiger partial charge in [0.05, 0.1) is 14.2 Å². The molecule has 7 heteroatoms. The summed E-state index contributed by atoms with van der Waals surface area (Å²) in [7, 11) is 4.92. The molecule has 0 radical (unpaired) electrons. The number of methoxy groups -OCH3 is 2. The first-order valence-electron chi connectivity index (χ1n) is 9.59. The number of hydrogen-bond acceptors (Lipinski definition) is 5. The molecular formula is C21H32N2O5. The van der Waals surface area contributed by atoms with Crippen LogP contribution < -0.4 is 9.47 Å². The van der Waals surface area contributed by atoms with Crippen molar-refractivity contribution in [1.29, 1.82) is 0 Å². The fourth-order valence-corrected chi connectivity index (χ4v) is 3.25. The van der Waals surface area contributed by atoms with E-state index in [-0.39, 0.29) is 12.0 Å². The first-order chi connectivity index (χ1) is 13.1. The molecule has 0 bridgehead atoms. The minimum atomic E-state index is -0.488. The second-order valence-corrected chi connectivity index (χ2v) is 8.20. The number of likely N-dealkylation sites (tertiary alicyclic amines) is 1. The molecule has 1 aromatic rings. The Kier molecular flexibility index (Phi) is 7.16. The number of carbonyl (C=O) groups excluding carboxylic acids is 2. The van der Waals surface area contributed by atoms with Crippen LogP contribution in [0.25, 0.3) is 0 Å². The second kappa shape index (κ2) is 9.17. The molecule has 1 heterocycles. The largest absolute Gasteiger partial charge is 0.497 e. The zero-order valence-corrected chi connectivity index (χ0v) is 17.8. The smallest absolute Gasteiger partial charge is 0.410 e. The minimum Gasteiger partial charge on any atom is -0.497 e. The summed E-state index contributed by atoms with van der Waals surface area (Å²) in [6.07, 6.45) is 1.43. The van der Waals surface area contributed by atoms with Crippen molar-refractivity contribution in [3.63, 3.8) is 0 Å². The van der Waals surface area contributed by atoms with Crippen molar-refractivity contribution in [3.05, 3.63) is 23.8 Å². The molecule has 1 aromatic carbocycles. The van der Waals surface area contributed by atoms with E-state index in [2.05, 4.69) is 0 Å². The predicted molar refractivity (Wildman–Crippen MR) is 107 cm³/mol. The number of amides is 2. The quantitative estimate of drug-likeness (QED) is 0.768. The highest BCUT2D eigenvalue weighted by Gasteiger charge is 2.28. The Balaban J connectivity index is 1.91. The van der Waals surface area contributed by atoms with Crippen LogP contribution in [-0.4, -0.2) is 68.3 Å². The Morgan fingerprint density at radius 1 is 1.07 bits per heavy atom. The zero-order chi connectivity index (χ0) is 20.9. The molecule has 0 unspecified atom stereocenters. The zero-order valence-electron chi connectivity index (χ0n) is 17.8. The van der Waals surface area contributed by atoms with Gasteiger partial charge in [0, 0.05) is 38.3 Å². The molecule has 0 N–H and O–H groups in total. The third kappa shape index (κ3) is 6.04. The number of piperidine rings is 1. The minimum absolute atomic E-state index is 0.0771. The Labute approximate surface area is 167 Å². The van der Waals surface area contributed by atoms with E-state index in [0.717, 1.165) is 12.8 Å². The predicted octanol–water partition coefficient (Wildman–Crippen LogP) is 3.42. The molecule has 156 valence electrons. The fourth-order valence-electron chi connectivity index (χ4n) is 3.25. The van der Waals surface area contributed by atoms with Gasteiger partial charge in [0.15, 0.2) is 0 Å². The maximum atomic E-state index is 12.8. The van der Waals surface area contributed by atoms with Crippen LogP contribution in [0, 0.1) is 5.92 Å². The number of hydrogen-bond donors (Lipinski definition) is 0. The van der Waals surface area contributed by atoms with Gasteiger partial charge in [-0.2, -0.15) is 0 Å². The third-order valence-corrected chi connectivity index (χ3v) is 4.74. The summed E-state index contributed by atoms with van der Waals surface area (Å²) < 4.78 is 15.9. The lowest BCUT2D eigenvalue weighted by Gasteiger charge is -2.34. The highest BCUT2D eigenvalue weighted by molar-refractivity contribution is 5.95. The van der Waals surface area contributed by atoms with Crippen LogP contribution in [-0.2, 0) is 4.74 Å². The highest BCUT2D eigenvalue weighted by Crippen LogP contribution is 2.25. The molecule has 1 aliphatic heterocycles. The molecule has 2 amide bonds. The lowest BCUT2D eigenvalue weighted by atomic mass is 9.96. The molecule has 7 nitrogen and oxygen atoms in total. The van der Waals surface area contributed by atoms with E-state index >= 15 is 0 Å². The van der Waals surface area contributed by atoms with Crippen molar-refractivity contribution >= 4 is 12.0 Å². The van der Waals surface area contributed by atoms with Crippen LogP contribution in [0.15, 0.2) is 18.2 Å². The molecule has 0 aromatic heterocycles. The Morgan fingerprint density at radius 2 is 1.61 bits per heavy atom. The van der Waals surface area contributed by atoms with Crippen LogP contribution in [0.5, 0.6) is 11.5 Å². The molecule has 28 heavy (non-hydrogen) atoms. The van der Waals surface area contributed by atoms with E-state index in [1.165, 1.54) is 0 Å². The summed E-state index contributed by atoms with van der Waals surface area (Å²) in [5, 5.41) is 0. The summed E-state index contributed by atoms with van der Waals surface area (Å²) in [4.78, 5) is 28.5. The standard InChI is InChI=1S/C21H32N2O5/c1-21(2,3)28-20(25)23-9-7-15(8-10-23)14-22(4)19(24)16-11-17(26-5)13-18(12-16)27-6/h11-13,15H,7-10,14H2,1-6H3. The van der Waals surface area contributed by atoms with Crippen molar-refractivity contribution < 1.29 is 23.8 Å². The molecule has 1 aliphatic rings. The van der Waals surface area contributed by atoms with Crippen molar-refractivity contribution in [2.75, 3.05) is 40.9 Å². The molecule has 0 spiro atoms. The summed E-state index contributed by atoms with van der Waals surface area (Å²) >= 11 is 0. The van der Waals surface area contributed by atoms with Crippen molar-refractivity contribution in [3.8, 4) is 11.5 Å². The monoisotopic (exact) mass is 392 g/mol. The van der Waals surface area contributed by atoms with Crippen LogP contribution >= 0.6 is 0 Å². The molecule has 0 aliphatic carbocycles. The van der Waals surface area contributed by atoms with Gasteiger partial charge in [0.2, 0.25) is 0 Å². The van der Waals surface area contributed by atoms with E-state index < -0.39 is 5.60 Å². The highest BCUT2D eigenvalue weighted by atomic mass is 16.6. The summed E-state index contributed by atoms with van der Waals surface area (Å²) in [6, 6.07) is 5.17. The van der Waals surface area contributed by atoms with Crippen LogP contribution in [0.2, 0.25) is 0 Å². The number of ether oxygens (including phenoxy) is 3. The van der Waals surface area contributed by atoms with Crippen LogP contribution in [0.4, 0.5) is 4.79 Å². The van der Waals surface area contributed by atoms with E-state index in [0.29, 0.717) is 42.6 Å². The van der Waals surface area contributed by atoms with E-state index in [1.54, 1.807) is 49.3 Å². The average Bonchev–Trinajstić information content (AvgIpc) is 2.66. The Morgan fingerprint density at radius 3 is 2.07 bits per heavy atom. The van der Waals surface area contributed by atoms with E-state index in [4.69, 9.17) is 14.2 Å². The molecule has 0 atom stereocenters. The SMILES string of the molecule is COc1cc(OC)cc(C(=O)N(C)CC2CCN(C(=O)OC(C)(C)C)CC2)c1. The van der Waals surface area contributed by atoms with Gasteiger partial charge in [-0.3, -0.25) is 4.79 Å². The number of carbonyl (C=O) groups is 2. The maximum absolute atomic E-state index is 12.8. The second-order valence-electron chi connectivity index (χ2n) is 8.20. The maximum Gasteiger partial charge on any atom is 0.410 e. The van der Waals surface area contributed by atoms with Gasteiger partial charge < -0.3 is 24.0 Å². The average molecular weight is 392 g/mol. The van der Waals surface area contributed by atoms with Gasteiger partial charge in [-0.05, 0) is 51.7 Å². The summed E-state index contributed by atoms with van der Waals surface area (Å²) in [5.41, 5.74) is 0.0446. The number of nitrogens with zero attached hydrogens (tertiary/aromatic N) is 2. The van der Waals surface area contributed by atoms with Crippen molar-refractivity contribution in [1.82, 2.24) is 9.80 Å². The van der Waals surface area contributed by atoms with Gasteiger partial charge in [0.1, 0.15) is 17.1 Å². The van der Waals surface area contributed by atoms with Crippen molar-refractivity contribution in [2.24, 2.45) is 5.92 Å². The van der Waals surface area contributed by atoms with E-state index in [1.807, 2.05) is 20.8 Å². The lowest BCUT2D eigenvalue weighted by Crippen LogP contribution is -2.44. The Hall–Kier alpha value is -2.44. The summed E-state index contributed by atoms with van der Waals surface area (Å²) in [6.45, 7) is 7.53. The Bertz CT molecular complexity index is 668.